The van der Waals surface area contributed by atoms with Crippen molar-refractivity contribution in [2.45, 2.75) is 25.6 Å². The number of pyridine rings is 1. The highest BCUT2D eigenvalue weighted by atomic mass is 16.5. The molecule has 6 heteroatoms. The molecule has 1 heterocycles. The third-order valence-electron chi connectivity index (χ3n) is 2.49. The van der Waals surface area contributed by atoms with Gasteiger partial charge >= 0.3 is 0 Å². The van der Waals surface area contributed by atoms with Gasteiger partial charge in [0, 0.05) is 31.3 Å². The predicted octanol–water partition coefficient (Wildman–Crippen LogP) is 0.0107. The number of aliphatic hydroxyl groups is 2. The molecule has 6 nitrogen and oxygen atoms in total. The number of hydrogen-bond donors (Lipinski definition) is 3. The van der Waals surface area contributed by atoms with E-state index in [2.05, 4.69) is 10.3 Å². The van der Waals surface area contributed by atoms with Crippen molar-refractivity contribution in [3.63, 3.8) is 0 Å². The normalized spacial score (nSPS) is 13.8. The van der Waals surface area contributed by atoms with Crippen LogP contribution in [0.15, 0.2) is 18.3 Å². The van der Waals surface area contributed by atoms with Gasteiger partial charge in [0.25, 0.3) is 0 Å². The van der Waals surface area contributed by atoms with Gasteiger partial charge in [-0.2, -0.15) is 0 Å². The second kappa shape index (κ2) is 6.93. The number of methoxy groups -OCH3 is 1. The Morgan fingerprint density at radius 2 is 2.22 bits per heavy atom. The third-order valence-corrected chi connectivity index (χ3v) is 2.49. The number of nitrogens with zero attached hydrogens (tertiary/aromatic N) is 1. The van der Waals surface area contributed by atoms with Crippen molar-refractivity contribution in [2.24, 2.45) is 0 Å². The Kier molecular flexibility index (Phi) is 5.54. The third kappa shape index (κ3) is 4.31. The van der Waals surface area contributed by atoms with Crippen LogP contribution in [0.4, 0.5) is 0 Å². The molecule has 1 aromatic rings. The zero-order chi connectivity index (χ0) is 13.5. The maximum absolute atomic E-state index is 10.7. The summed E-state index contributed by atoms with van der Waals surface area (Å²) in [5, 5.41) is 22.2. The molecule has 2 atom stereocenters. The van der Waals surface area contributed by atoms with Crippen LogP contribution in [0.3, 0.4) is 0 Å². The molecule has 0 aliphatic heterocycles. The standard InChI is InChI=1S/C12H18N2O4/c1-8(15)13-6-5-10(16)12(17)9-3-4-11(18-2)14-7-9/h3-4,7,10,12,16-17H,5-6H2,1-2H3,(H,13,15). The molecule has 0 radical (unpaired) electrons. The lowest BCUT2D eigenvalue weighted by atomic mass is 10.0. The number of aliphatic hydroxyl groups excluding tert-OH is 2. The van der Waals surface area contributed by atoms with Crippen LogP contribution >= 0.6 is 0 Å². The summed E-state index contributed by atoms with van der Waals surface area (Å²) in [6.07, 6.45) is -0.262. The van der Waals surface area contributed by atoms with Gasteiger partial charge in [0.15, 0.2) is 0 Å². The highest BCUT2D eigenvalue weighted by molar-refractivity contribution is 5.72. The van der Waals surface area contributed by atoms with Gasteiger partial charge in [-0.3, -0.25) is 4.79 Å². The Morgan fingerprint density at radius 1 is 1.50 bits per heavy atom. The van der Waals surface area contributed by atoms with E-state index in [1.54, 1.807) is 12.1 Å². The largest absolute Gasteiger partial charge is 0.481 e. The van der Waals surface area contributed by atoms with E-state index in [-0.39, 0.29) is 12.3 Å². The molecular weight excluding hydrogens is 236 g/mol. The second-order valence-electron chi connectivity index (χ2n) is 3.92. The smallest absolute Gasteiger partial charge is 0.216 e. The van der Waals surface area contributed by atoms with E-state index < -0.39 is 12.2 Å². The highest BCUT2D eigenvalue weighted by Gasteiger charge is 2.18. The first-order valence-electron chi connectivity index (χ1n) is 5.65. The van der Waals surface area contributed by atoms with Crippen LogP contribution in [0.2, 0.25) is 0 Å². The fourth-order valence-electron chi connectivity index (χ4n) is 1.46. The van der Waals surface area contributed by atoms with E-state index >= 15 is 0 Å². The Hall–Kier alpha value is -1.66. The molecule has 0 saturated carbocycles. The van der Waals surface area contributed by atoms with E-state index in [4.69, 9.17) is 4.74 Å². The Labute approximate surface area is 106 Å². The number of ether oxygens (including phenoxy) is 1. The summed E-state index contributed by atoms with van der Waals surface area (Å²) >= 11 is 0. The minimum absolute atomic E-state index is 0.164. The number of amides is 1. The molecule has 0 aliphatic rings. The van der Waals surface area contributed by atoms with E-state index in [0.29, 0.717) is 18.0 Å². The van der Waals surface area contributed by atoms with Gasteiger partial charge in [-0.1, -0.05) is 0 Å². The van der Waals surface area contributed by atoms with Gasteiger partial charge in [0.1, 0.15) is 6.10 Å². The lowest BCUT2D eigenvalue weighted by Gasteiger charge is -2.18. The van der Waals surface area contributed by atoms with E-state index in [1.807, 2.05) is 0 Å². The van der Waals surface area contributed by atoms with E-state index in [9.17, 15) is 15.0 Å². The fourth-order valence-corrected chi connectivity index (χ4v) is 1.46. The van der Waals surface area contributed by atoms with Crippen LogP contribution in [-0.2, 0) is 4.79 Å². The van der Waals surface area contributed by atoms with Crippen LogP contribution in [0.5, 0.6) is 5.88 Å². The van der Waals surface area contributed by atoms with Crippen molar-refractivity contribution < 1.29 is 19.7 Å². The molecule has 0 bridgehead atoms. The fraction of sp³-hybridized carbons (Fsp3) is 0.500. The highest BCUT2D eigenvalue weighted by Crippen LogP contribution is 2.19. The number of rotatable bonds is 6. The first-order chi connectivity index (χ1) is 8.54. The molecule has 0 spiro atoms. The summed E-state index contributed by atoms with van der Waals surface area (Å²) in [4.78, 5) is 14.6. The summed E-state index contributed by atoms with van der Waals surface area (Å²) in [6.45, 7) is 1.72. The van der Waals surface area contributed by atoms with Crippen molar-refractivity contribution in [3.05, 3.63) is 23.9 Å². The van der Waals surface area contributed by atoms with E-state index in [1.165, 1.54) is 20.2 Å². The van der Waals surface area contributed by atoms with Gasteiger partial charge in [-0.15, -0.1) is 0 Å². The monoisotopic (exact) mass is 254 g/mol. The maximum atomic E-state index is 10.7. The lowest BCUT2D eigenvalue weighted by molar-refractivity contribution is -0.119. The molecule has 0 aromatic carbocycles. The molecule has 100 valence electrons. The van der Waals surface area contributed by atoms with Gasteiger partial charge in [-0.05, 0) is 12.5 Å². The van der Waals surface area contributed by atoms with Crippen LogP contribution in [0, 0.1) is 0 Å². The summed E-state index contributed by atoms with van der Waals surface area (Å²) < 4.78 is 4.90. The number of aromatic nitrogens is 1. The first kappa shape index (κ1) is 14.4. The van der Waals surface area contributed by atoms with Crippen molar-refractivity contribution in [2.75, 3.05) is 13.7 Å². The second-order valence-corrected chi connectivity index (χ2v) is 3.92. The minimum Gasteiger partial charge on any atom is -0.481 e. The average molecular weight is 254 g/mol. The van der Waals surface area contributed by atoms with Crippen molar-refractivity contribution in [3.8, 4) is 5.88 Å². The van der Waals surface area contributed by atoms with Crippen molar-refractivity contribution >= 4 is 5.91 Å². The van der Waals surface area contributed by atoms with Crippen molar-refractivity contribution in [1.82, 2.24) is 10.3 Å². The lowest BCUT2D eigenvalue weighted by Crippen LogP contribution is -2.27. The average Bonchev–Trinajstić information content (AvgIpc) is 2.37. The van der Waals surface area contributed by atoms with Gasteiger partial charge < -0.3 is 20.3 Å². The van der Waals surface area contributed by atoms with Crippen LogP contribution in [0.1, 0.15) is 25.0 Å². The molecule has 1 rings (SSSR count). The molecule has 1 aromatic heterocycles. The number of nitrogens with one attached hydrogen (secondary N) is 1. The SMILES string of the molecule is COc1ccc(C(O)C(O)CCNC(C)=O)cn1. The zero-order valence-electron chi connectivity index (χ0n) is 10.5. The zero-order valence-corrected chi connectivity index (χ0v) is 10.5. The van der Waals surface area contributed by atoms with Gasteiger partial charge in [0.2, 0.25) is 11.8 Å². The maximum Gasteiger partial charge on any atom is 0.216 e. The Balaban J connectivity index is 2.51. The first-order valence-corrected chi connectivity index (χ1v) is 5.65. The Morgan fingerprint density at radius 3 is 2.72 bits per heavy atom. The van der Waals surface area contributed by atoms with Crippen molar-refractivity contribution in [1.29, 1.82) is 0 Å². The van der Waals surface area contributed by atoms with Gasteiger partial charge in [-0.25, -0.2) is 4.98 Å². The molecule has 0 saturated heterocycles. The predicted molar refractivity (Wildman–Crippen MR) is 65.1 cm³/mol. The van der Waals surface area contributed by atoms with Crippen LogP contribution in [0.25, 0.3) is 0 Å². The number of carbonyl (C=O) groups is 1. The van der Waals surface area contributed by atoms with E-state index in [0.717, 1.165) is 0 Å². The van der Waals surface area contributed by atoms with Crippen LogP contribution in [-0.4, -0.2) is 40.9 Å². The Bertz CT molecular complexity index is 380. The summed E-state index contributed by atoms with van der Waals surface area (Å²) in [7, 11) is 1.50. The summed E-state index contributed by atoms with van der Waals surface area (Å²) in [5.41, 5.74) is 0.506. The molecular formula is C12H18N2O4. The molecule has 0 aliphatic carbocycles. The molecule has 18 heavy (non-hydrogen) atoms. The topological polar surface area (TPSA) is 91.7 Å². The van der Waals surface area contributed by atoms with Crippen LogP contribution < -0.4 is 10.1 Å². The molecule has 2 unspecified atom stereocenters. The summed E-state index contributed by atoms with van der Waals surface area (Å²) in [6, 6.07) is 3.25. The molecule has 3 N–H and O–H groups in total. The quantitative estimate of drug-likeness (QED) is 0.665. The number of carbonyl (C=O) groups excluding carboxylic acids is 1. The molecule has 1 amide bonds. The molecule has 0 fully saturated rings. The van der Waals surface area contributed by atoms with Gasteiger partial charge in [0.05, 0.1) is 13.2 Å². The number of hydrogen-bond acceptors (Lipinski definition) is 5. The summed E-state index contributed by atoms with van der Waals surface area (Å²) in [5.74, 6) is 0.279. The minimum atomic E-state index is -1.03.